The molecule has 0 radical (unpaired) electrons. The molecule has 0 saturated heterocycles. The Bertz CT molecular complexity index is 409. The molecular weight excluding hydrogens is 252 g/mol. The lowest BCUT2D eigenvalue weighted by Gasteiger charge is -2.06. The Balaban J connectivity index is 0.000000342. The van der Waals surface area contributed by atoms with Gasteiger partial charge < -0.3 is 20.4 Å². The van der Waals surface area contributed by atoms with Crippen molar-refractivity contribution in [2.75, 3.05) is 0 Å². The second kappa shape index (κ2) is 8.23. The third-order valence-corrected chi connectivity index (χ3v) is 2.17. The maximum atomic E-state index is 9.40. The first-order chi connectivity index (χ1) is 8.75. The van der Waals surface area contributed by atoms with Gasteiger partial charge in [0.25, 0.3) is 11.9 Å². The zero-order valence-corrected chi connectivity index (χ0v) is 10.8. The molecule has 6 heteroatoms. The molecule has 0 aliphatic heterocycles. The van der Waals surface area contributed by atoms with Crippen molar-refractivity contribution in [3.8, 4) is 0 Å². The standard InChI is InChI=1S/C9H10O2.2C2H4O2/c10-8-5-6-3-1-2-4-7(6)9(8)11;2*1-2(3)4/h1-4,8-11H,5H2;2*1H3,(H,3,4)/t8-,9-;;/m1../s1. The smallest absolute Gasteiger partial charge is 0.300 e. The summed E-state index contributed by atoms with van der Waals surface area (Å²) in [6.45, 7) is 2.17. The topological polar surface area (TPSA) is 115 Å². The van der Waals surface area contributed by atoms with Crippen LogP contribution in [0.2, 0.25) is 0 Å². The van der Waals surface area contributed by atoms with Crippen molar-refractivity contribution in [3.05, 3.63) is 35.4 Å². The van der Waals surface area contributed by atoms with Gasteiger partial charge in [0.1, 0.15) is 6.10 Å². The first-order valence-corrected chi connectivity index (χ1v) is 5.58. The highest BCUT2D eigenvalue weighted by Crippen LogP contribution is 2.30. The fourth-order valence-corrected chi connectivity index (χ4v) is 1.55. The molecule has 2 rings (SSSR count). The highest BCUT2D eigenvalue weighted by Gasteiger charge is 2.28. The molecule has 0 aromatic heterocycles. The number of aliphatic hydroxyl groups excluding tert-OH is 2. The van der Waals surface area contributed by atoms with Crippen LogP contribution in [0.1, 0.15) is 31.1 Å². The summed E-state index contributed by atoms with van der Waals surface area (Å²) in [4.78, 5) is 18.0. The molecule has 19 heavy (non-hydrogen) atoms. The summed E-state index contributed by atoms with van der Waals surface area (Å²) >= 11 is 0. The Kier molecular flexibility index (Phi) is 7.40. The van der Waals surface area contributed by atoms with Crippen LogP contribution in [0, 0.1) is 0 Å². The van der Waals surface area contributed by atoms with Gasteiger partial charge in [0.15, 0.2) is 0 Å². The van der Waals surface area contributed by atoms with Crippen molar-refractivity contribution in [2.24, 2.45) is 0 Å². The molecule has 1 aliphatic rings. The van der Waals surface area contributed by atoms with E-state index < -0.39 is 24.1 Å². The van der Waals surface area contributed by atoms with E-state index in [2.05, 4.69) is 0 Å². The molecule has 0 saturated carbocycles. The molecule has 1 aromatic rings. The lowest BCUT2D eigenvalue weighted by molar-refractivity contribution is -0.135. The number of carbonyl (C=O) groups is 2. The van der Waals surface area contributed by atoms with Crippen LogP contribution in [0.5, 0.6) is 0 Å². The maximum Gasteiger partial charge on any atom is 0.300 e. The highest BCUT2D eigenvalue weighted by molar-refractivity contribution is 5.63. The molecule has 6 nitrogen and oxygen atoms in total. The normalized spacial score (nSPS) is 19.2. The minimum absolute atomic E-state index is 0.581. The number of hydrogen-bond acceptors (Lipinski definition) is 4. The van der Waals surface area contributed by atoms with E-state index in [1.54, 1.807) is 0 Å². The number of benzene rings is 1. The van der Waals surface area contributed by atoms with Gasteiger partial charge in [-0.1, -0.05) is 24.3 Å². The molecule has 106 valence electrons. The number of aliphatic carboxylic acids is 2. The quantitative estimate of drug-likeness (QED) is 0.554. The fourth-order valence-electron chi connectivity index (χ4n) is 1.55. The molecule has 0 heterocycles. The lowest BCUT2D eigenvalue weighted by Crippen LogP contribution is -2.11. The fraction of sp³-hybridized carbons (Fsp3) is 0.385. The zero-order chi connectivity index (χ0) is 15.0. The van der Waals surface area contributed by atoms with Gasteiger partial charge in [0.2, 0.25) is 0 Å². The molecule has 4 N–H and O–H groups in total. The van der Waals surface area contributed by atoms with Gasteiger partial charge in [-0.05, 0) is 11.1 Å². The first kappa shape index (κ1) is 17.1. The molecule has 0 amide bonds. The van der Waals surface area contributed by atoms with E-state index in [1.807, 2.05) is 24.3 Å². The Morgan fingerprint density at radius 2 is 1.47 bits per heavy atom. The van der Waals surface area contributed by atoms with E-state index >= 15 is 0 Å². The van der Waals surface area contributed by atoms with Crippen LogP contribution >= 0.6 is 0 Å². The molecule has 0 spiro atoms. The Hall–Kier alpha value is -1.92. The van der Waals surface area contributed by atoms with E-state index in [1.165, 1.54) is 0 Å². The first-order valence-electron chi connectivity index (χ1n) is 5.58. The summed E-state index contributed by atoms with van der Waals surface area (Å²) < 4.78 is 0. The minimum Gasteiger partial charge on any atom is -0.481 e. The van der Waals surface area contributed by atoms with Gasteiger partial charge in [0.05, 0.1) is 6.10 Å². The van der Waals surface area contributed by atoms with Crippen LogP contribution < -0.4 is 0 Å². The van der Waals surface area contributed by atoms with Gasteiger partial charge in [-0.15, -0.1) is 0 Å². The van der Waals surface area contributed by atoms with Crippen molar-refractivity contribution >= 4 is 11.9 Å². The SMILES string of the molecule is CC(=O)O.CC(=O)O.O[C@@H]1Cc2ccccc2[C@H]1O. The minimum atomic E-state index is -0.833. The Morgan fingerprint density at radius 1 is 1.05 bits per heavy atom. The summed E-state index contributed by atoms with van der Waals surface area (Å²) in [5.41, 5.74) is 1.94. The number of rotatable bonds is 0. The predicted octanol–water partition coefficient (Wildman–Crippen LogP) is 0.819. The van der Waals surface area contributed by atoms with E-state index in [0.29, 0.717) is 6.42 Å². The van der Waals surface area contributed by atoms with E-state index in [0.717, 1.165) is 25.0 Å². The summed E-state index contributed by atoms with van der Waals surface area (Å²) in [6.07, 6.45) is -0.698. The maximum absolute atomic E-state index is 9.40. The molecule has 2 atom stereocenters. The van der Waals surface area contributed by atoms with Crippen LogP contribution in [0.15, 0.2) is 24.3 Å². The van der Waals surface area contributed by atoms with Crippen molar-refractivity contribution in [3.63, 3.8) is 0 Å². The molecule has 0 unspecified atom stereocenters. The molecule has 1 aliphatic carbocycles. The third-order valence-electron chi connectivity index (χ3n) is 2.17. The third kappa shape index (κ3) is 7.17. The second-order valence-electron chi connectivity index (χ2n) is 3.95. The van der Waals surface area contributed by atoms with Crippen molar-refractivity contribution in [2.45, 2.75) is 32.5 Å². The summed E-state index contributed by atoms with van der Waals surface area (Å²) in [6, 6.07) is 7.59. The van der Waals surface area contributed by atoms with E-state index in [-0.39, 0.29) is 0 Å². The average molecular weight is 270 g/mol. The van der Waals surface area contributed by atoms with E-state index in [9.17, 15) is 10.2 Å². The Labute approximate surface area is 110 Å². The number of hydrogen-bond donors (Lipinski definition) is 4. The van der Waals surface area contributed by atoms with Gasteiger partial charge in [-0.3, -0.25) is 9.59 Å². The monoisotopic (exact) mass is 270 g/mol. The molecule has 0 fully saturated rings. The summed E-state index contributed by atoms with van der Waals surface area (Å²) in [5, 5.41) is 33.5. The molecular formula is C13H18O6. The average Bonchev–Trinajstić information content (AvgIpc) is 2.54. The predicted molar refractivity (Wildman–Crippen MR) is 67.7 cm³/mol. The van der Waals surface area contributed by atoms with Crippen molar-refractivity contribution in [1.82, 2.24) is 0 Å². The zero-order valence-electron chi connectivity index (χ0n) is 10.8. The summed E-state index contributed by atoms with van der Waals surface area (Å²) in [7, 11) is 0. The van der Waals surface area contributed by atoms with Crippen molar-refractivity contribution in [1.29, 1.82) is 0 Å². The Morgan fingerprint density at radius 3 is 1.89 bits per heavy atom. The highest BCUT2D eigenvalue weighted by atomic mass is 16.4. The van der Waals surface area contributed by atoms with Crippen molar-refractivity contribution < 1.29 is 30.0 Å². The van der Waals surface area contributed by atoms with Gasteiger partial charge in [0, 0.05) is 20.3 Å². The number of carboxylic acid groups (broad SMARTS) is 2. The van der Waals surface area contributed by atoms with Gasteiger partial charge in [-0.2, -0.15) is 0 Å². The van der Waals surface area contributed by atoms with Crippen LogP contribution in [0.25, 0.3) is 0 Å². The summed E-state index contributed by atoms with van der Waals surface area (Å²) in [5.74, 6) is -1.67. The molecule has 1 aromatic carbocycles. The number of fused-ring (bicyclic) bond motifs is 1. The van der Waals surface area contributed by atoms with Crippen LogP contribution in [-0.4, -0.2) is 38.5 Å². The van der Waals surface area contributed by atoms with Crippen LogP contribution in [0.3, 0.4) is 0 Å². The number of aliphatic hydroxyl groups is 2. The van der Waals surface area contributed by atoms with Crippen LogP contribution in [0.4, 0.5) is 0 Å². The van der Waals surface area contributed by atoms with E-state index in [4.69, 9.17) is 19.8 Å². The van der Waals surface area contributed by atoms with Crippen LogP contribution in [-0.2, 0) is 16.0 Å². The molecule has 0 bridgehead atoms. The lowest BCUT2D eigenvalue weighted by atomic mass is 10.1. The largest absolute Gasteiger partial charge is 0.481 e. The number of carboxylic acids is 2. The van der Waals surface area contributed by atoms with Gasteiger partial charge >= 0.3 is 0 Å². The second-order valence-corrected chi connectivity index (χ2v) is 3.95. The van der Waals surface area contributed by atoms with Gasteiger partial charge in [-0.25, -0.2) is 0 Å².